The summed E-state index contributed by atoms with van der Waals surface area (Å²) in [6.07, 6.45) is 2.83. The van der Waals surface area contributed by atoms with Gasteiger partial charge in [-0.1, -0.05) is 24.3 Å². The fraction of sp³-hybridized carbons (Fsp3) is 0.524. The highest BCUT2D eigenvalue weighted by molar-refractivity contribution is 14.0. The summed E-state index contributed by atoms with van der Waals surface area (Å²) in [7, 11) is 0. The quantitative estimate of drug-likeness (QED) is 0.304. The zero-order chi connectivity index (χ0) is 19.7. The van der Waals surface area contributed by atoms with Gasteiger partial charge in [0.15, 0.2) is 5.96 Å². The molecule has 7 heteroatoms. The molecule has 2 aromatic rings. The molecule has 1 aromatic heterocycles. The third-order valence-corrected chi connectivity index (χ3v) is 4.70. The van der Waals surface area contributed by atoms with Crippen LogP contribution in [0.5, 0.6) is 0 Å². The smallest absolute Gasteiger partial charge is 0.191 e. The Hall–Kier alpha value is -1.19. The van der Waals surface area contributed by atoms with Gasteiger partial charge in [-0.15, -0.1) is 35.3 Å². The third-order valence-electron chi connectivity index (χ3n) is 3.73. The van der Waals surface area contributed by atoms with E-state index in [0.717, 1.165) is 30.5 Å². The molecule has 0 saturated carbocycles. The van der Waals surface area contributed by atoms with E-state index in [9.17, 15) is 0 Å². The largest absolute Gasteiger partial charge is 0.371 e. The van der Waals surface area contributed by atoms with Crippen LogP contribution < -0.4 is 10.6 Å². The summed E-state index contributed by atoms with van der Waals surface area (Å²) in [5.41, 5.74) is 2.22. The second-order valence-corrected chi connectivity index (χ2v) is 8.78. The molecule has 0 aliphatic rings. The number of thiazole rings is 1. The normalized spacial score (nSPS) is 11.8. The molecule has 0 saturated heterocycles. The second kappa shape index (κ2) is 12.4. The van der Waals surface area contributed by atoms with Gasteiger partial charge in [-0.2, -0.15) is 0 Å². The molecule has 0 aliphatic heterocycles. The van der Waals surface area contributed by atoms with Gasteiger partial charge in [0.2, 0.25) is 0 Å². The summed E-state index contributed by atoms with van der Waals surface area (Å²) in [6.45, 7) is 13.3. The van der Waals surface area contributed by atoms with Gasteiger partial charge in [0.25, 0.3) is 0 Å². The minimum atomic E-state index is -0.133. The number of hydrogen-bond donors (Lipinski definition) is 2. The first-order chi connectivity index (χ1) is 12.9. The highest BCUT2D eigenvalue weighted by Crippen LogP contribution is 2.14. The summed E-state index contributed by atoms with van der Waals surface area (Å²) < 4.78 is 5.87. The van der Waals surface area contributed by atoms with Crippen molar-refractivity contribution in [3.63, 3.8) is 0 Å². The number of aromatic nitrogens is 1. The van der Waals surface area contributed by atoms with Crippen molar-refractivity contribution in [2.24, 2.45) is 4.99 Å². The molecule has 0 bridgehead atoms. The van der Waals surface area contributed by atoms with Crippen LogP contribution in [-0.2, 0) is 24.3 Å². The molecular formula is C21H33IN4OS. The van der Waals surface area contributed by atoms with Crippen molar-refractivity contribution in [3.05, 3.63) is 51.5 Å². The summed E-state index contributed by atoms with van der Waals surface area (Å²) in [6, 6.07) is 8.43. The SMILES string of the molecule is CCNC(=NCc1cccc(COC(C)(C)C)c1)NCCc1ncc(C)s1.I. The maximum atomic E-state index is 5.87. The van der Waals surface area contributed by atoms with Crippen LogP contribution in [0.15, 0.2) is 35.5 Å². The van der Waals surface area contributed by atoms with Crippen molar-refractivity contribution in [1.82, 2.24) is 15.6 Å². The fourth-order valence-corrected chi connectivity index (χ4v) is 3.22. The molecule has 156 valence electrons. The number of nitrogens with zero attached hydrogens (tertiary/aromatic N) is 2. The average Bonchev–Trinajstić information content (AvgIpc) is 3.03. The van der Waals surface area contributed by atoms with E-state index in [1.54, 1.807) is 11.3 Å². The first-order valence-electron chi connectivity index (χ1n) is 9.51. The molecule has 0 atom stereocenters. The Balaban J connectivity index is 0.00000392. The predicted octanol–water partition coefficient (Wildman–Crippen LogP) is 4.68. The Kier molecular flexibility index (Phi) is 11.0. The number of ether oxygens (including phenoxy) is 1. The van der Waals surface area contributed by atoms with Crippen LogP contribution >= 0.6 is 35.3 Å². The lowest BCUT2D eigenvalue weighted by Crippen LogP contribution is -2.38. The molecule has 0 fully saturated rings. The van der Waals surface area contributed by atoms with Crippen LogP contribution in [0.1, 0.15) is 48.7 Å². The molecular weight excluding hydrogens is 483 g/mol. The molecule has 2 N–H and O–H groups in total. The van der Waals surface area contributed by atoms with Crippen LogP contribution in [0.25, 0.3) is 0 Å². The van der Waals surface area contributed by atoms with E-state index in [1.165, 1.54) is 16.0 Å². The molecule has 1 heterocycles. The van der Waals surface area contributed by atoms with E-state index in [-0.39, 0.29) is 29.6 Å². The lowest BCUT2D eigenvalue weighted by molar-refractivity contribution is -0.0149. The van der Waals surface area contributed by atoms with E-state index in [2.05, 4.69) is 74.5 Å². The Morgan fingerprint density at radius 3 is 2.61 bits per heavy atom. The lowest BCUT2D eigenvalue weighted by atomic mass is 10.1. The van der Waals surface area contributed by atoms with Gasteiger partial charge < -0.3 is 15.4 Å². The highest BCUT2D eigenvalue weighted by atomic mass is 127. The van der Waals surface area contributed by atoms with Crippen molar-refractivity contribution < 1.29 is 4.74 Å². The van der Waals surface area contributed by atoms with Crippen LogP contribution in [0.2, 0.25) is 0 Å². The van der Waals surface area contributed by atoms with Crippen molar-refractivity contribution in [2.75, 3.05) is 13.1 Å². The summed E-state index contributed by atoms with van der Waals surface area (Å²) >= 11 is 1.75. The van der Waals surface area contributed by atoms with Gasteiger partial charge in [-0.05, 0) is 45.7 Å². The van der Waals surface area contributed by atoms with Crippen molar-refractivity contribution in [1.29, 1.82) is 0 Å². The van der Waals surface area contributed by atoms with E-state index >= 15 is 0 Å². The number of guanidine groups is 1. The Morgan fingerprint density at radius 2 is 1.96 bits per heavy atom. The van der Waals surface area contributed by atoms with Crippen LogP contribution in [0.4, 0.5) is 0 Å². The van der Waals surface area contributed by atoms with E-state index in [1.807, 2.05) is 6.20 Å². The van der Waals surface area contributed by atoms with Crippen molar-refractivity contribution in [3.8, 4) is 0 Å². The minimum absolute atomic E-state index is 0. The van der Waals surface area contributed by atoms with Gasteiger partial charge >= 0.3 is 0 Å². The first-order valence-corrected chi connectivity index (χ1v) is 10.3. The Morgan fingerprint density at radius 1 is 1.21 bits per heavy atom. The van der Waals surface area contributed by atoms with E-state index in [4.69, 9.17) is 9.73 Å². The van der Waals surface area contributed by atoms with Crippen molar-refractivity contribution in [2.45, 2.75) is 59.8 Å². The van der Waals surface area contributed by atoms with Crippen LogP contribution in [0.3, 0.4) is 0 Å². The van der Waals surface area contributed by atoms with Gasteiger partial charge in [-0.25, -0.2) is 9.98 Å². The molecule has 5 nitrogen and oxygen atoms in total. The van der Waals surface area contributed by atoms with Crippen LogP contribution in [0, 0.1) is 6.92 Å². The van der Waals surface area contributed by atoms with Gasteiger partial charge in [0, 0.05) is 30.6 Å². The maximum absolute atomic E-state index is 5.87. The second-order valence-electron chi connectivity index (χ2n) is 7.46. The summed E-state index contributed by atoms with van der Waals surface area (Å²) in [4.78, 5) is 10.4. The van der Waals surface area contributed by atoms with Gasteiger partial charge in [0.05, 0.1) is 23.8 Å². The van der Waals surface area contributed by atoms with Crippen LogP contribution in [-0.4, -0.2) is 29.6 Å². The number of aryl methyl sites for hydroxylation is 1. The van der Waals surface area contributed by atoms with Gasteiger partial charge in [-0.3, -0.25) is 0 Å². The topological polar surface area (TPSA) is 58.5 Å². The summed E-state index contributed by atoms with van der Waals surface area (Å²) in [5, 5.41) is 7.85. The van der Waals surface area contributed by atoms with Gasteiger partial charge in [0.1, 0.15) is 0 Å². The molecule has 0 amide bonds. The maximum Gasteiger partial charge on any atom is 0.191 e. The minimum Gasteiger partial charge on any atom is -0.371 e. The molecule has 0 radical (unpaired) electrons. The Bertz CT molecular complexity index is 740. The average molecular weight is 516 g/mol. The monoisotopic (exact) mass is 516 g/mol. The summed E-state index contributed by atoms with van der Waals surface area (Å²) in [5.74, 6) is 0.835. The molecule has 0 spiro atoms. The molecule has 0 aliphatic carbocycles. The Labute approximate surface area is 190 Å². The number of benzene rings is 1. The zero-order valence-electron chi connectivity index (χ0n) is 17.5. The third kappa shape index (κ3) is 9.84. The standard InChI is InChI=1S/C21H32N4OS.HI/c1-6-22-20(23-11-10-19-24-13-16(2)27-19)25-14-17-8-7-9-18(12-17)15-26-21(3,4)5;/h7-9,12-13H,6,10-11,14-15H2,1-5H3,(H2,22,23,25);1H. The molecule has 1 aromatic carbocycles. The number of halogens is 1. The van der Waals surface area contributed by atoms with E-state index < -0.39 is 0 Å². The number of hydrogen-bond acceptors (Lipinski definition) is 4. The fourth-order valence-electron chi connectivity index (χ4n) is 2.43. The van der Waals surface area contributed by atoms with Crippen molar-refractivity contribution >= 4 is 41.3 Å². The van der Waals surface area contributed by atoms with E-state index in [0.29, 0.717) is 13.2 Å². The number of nitrogens with one attached hydrogen (secondary N) is 2. The molecule has 2 rings (SSSR count). The predicted molar refractivity (Wildman–Crippen MR) is 130 cm³/mol. The lowest BCUT2D eigenvalue weighted by Gasteiger charge is -2.19. The highest BCUT2D eigenvalue weighted by Gasteiger charge is 2.10. The molecule has 28 heavy (non-hydrogen) atoms. The number of aliphatic imine (C=N–C) groups is 1. The molecule has 0 unspecified atom stereocenters. The number of rotatable bonds is 8. The zero-order valence-corrected chi connectivity index (χ0v) is 20.7. The first kappa shape index (κ1) is 24.8.